The van der Waals surface area contributed by atoms with Crippen LogP contribution in [0.1, 0.15) is 18.9 Å². The summed E-state index contributed by atoms with van der Waals surface area (Å²) < 4.78 is 3.04. The molecule has 0 aliphatic carbocycles. The Kier molecular flexibility index (Phi) is 4.76. The molecule has 3 rings (SSSR count). The molecule has 0 bridgehead atoms. The van der Waals surface area contributed by atoms with Crippen molar-refractivity contribution in [3.05, 3.63) is 58.6 Å². The maximum atomic E-state index is 12.3. The number of fused-ring (bicyclic) bond motifs is 1. The van der Waals surface area contributed by atoms with Crippen molar-refractivity contribution in [3.63, 3.8) is 0 Å². The molecule has 0 aliphatic heterocycles. The molecule has 1 heterocycles. The highest BCUT2D eigenvalue weighted by molar-refractivity contribution is 9.10. The summed E-state index contributed by atoms with van der Waals surface area (Å²) in [6, 6.07) is 15.7. The van der Waals surface area contributed by atoms with E-state index in [-0.39, 0.29) is 5.91 Å². The molecule has 0 saturated carbocycles. The Bertz CT molecular complexity index is 841. The van der Waals surface area contributed by atoms with E-state index in [2.05, 4.69) is 37.7 Å². The second-order valence-electron chi connectivity index (χ2n) is 5.43. The number of imidazole rings is 1. The molecule has 118 valence electrons. The van der Waals surface area contributed by atoms with Gasteiger partial charge >= 0.3 is 0 Å². The summed E-state index contributed by atoms with van der Waals surface area (Å²) in [7, 11) is 0. The van der Waals surface area contributed by atoms with Gasteiger partial charge in [-0.3, -0.25) is 10.1 Å². The summed E-state index contributed by atoms with van der Waals surface area (Å²) in [4.78, 5) is 16.9. The first-order valence-corrected chi connectivity index (χ1v) is 8.46. The zero-order valence-electron chi connectivity index (χ0n) is 12.9. The van der Waals surface area contributed by atoms with E-state index in [4.69, 9.17) is 0 Å². The van der Waals surface area contributed by atoms with Crippen molar-refractivity contribution in [2.24, 2.45) is 0 Å². The van der Waals surface area contributed by atoms with E-state index < -0.39 is 0 Å². The Labute approximate surface area is 143 Å². The van der Waals surface area contributed by atoms with Gasteiger partial charge in [-0.15, -0.1) is 0 Å². The average Bonchev–Trinajstić information content (AvgIpc) is 2.85. The maximum absolute atomic E-state index is 12.3. The van der Waals surface area contributed by atoms with Gasteiger partial charge in [-0.2, -0.15) is 0 Å². The molecule has 23 heavy (non-hydrogen) atoms. The number of nitrogens with one attached hydrogen (secondary N) is 1. The van der Waals surface area contributed by atoms with Crippen molar-refractivity contribution in [2.75, 3.05) is 5.32 Å². The lowest BCUT2D eigenvalue weighted by Gasteiger charge is -2.09. The van der Waals surface area contributed by atoms with E-state index in [1.807, 2.05) is 48.5 Å². The molecule has 1 amide bonds. The van der Waals surface area contributed by atoms with Crippen LogP contribution in [0.3, 0.4) is 0 Å². The third-order valence-electron chi connectivity index (χ3n) is 3.61. The van der Waals surface area contributed by atoms with Crippen LogP contribution in [0.25, 0.3) is 11.0 Å². The third kappa shape index (κ3) is 3.62. The number of amides is 1. The Balaban J connectivity index is 1.83. The number of carbonyl (C=O) groups excluding carboxylic acids is 1. The number of halogens is 1. The van der Waals surface area contributed by atoms with Crippen molar-refractivity contribution < 1.29 is 4.79 Å². The third-order valence-corrected chi connectivity index (χ3v) is 4.10. The number of benzene rings is 2. The molecular weight excluding hydrogens is 354 g/mol. The fraction of sp³-hybridized carbons (Fsp3) is 0.222. The Morgan fingerprint density at radius 2 is 2.04 bits per heavy atom. The van der Waals surface area contributed by atoms with E-state index in [0.29, 0.717) is 12.4 Å². The lowest BCUT2D eigenvalue weighted by Crippen LogP contribution is -2.18. The van der Waals surface area contributed by atoms with Crippen molar-refractivity contribution in [3.8, 4) is 0 Å². The molecule has 0 aliphatic rings. The average molecular weight is 372 g/mol. The minimum Gasteiger partial charge on any atom is -0.310 e. The molecule has 5 heteroatoms. The minimum atomic E-state index is -0.0595. The van der Waals surface area contributed by atoms with Crippen LogP contribution in [0.5, 0.6) is 0 Å². The lowest BCUT2D eigenvalue weighted by atomic mass is 10.1. The number of hydrogen-bond acceptors (Lipinski definition) is 2. The molecule has 0 unspecified atom stereocenters. The first kappa shape index (κ1) is 15.7. The SMILES string of the molecule is CCCn1c(NC(=O)Cc2cccc(Br)c2)nc2ccccc21. The number of carbonyl (C=O) groups is 1. The van der Waals surface area contributed by atoms with Gasteiger partial charge in [-0.25, -0.2) is 4.98 Å². The molecule has 0 fully saturated rings. The largest absolute Gasteiger partial charge is 0.310 e. The van der Waals surface area contributed by atoms with Gasteiger partial charge in [0.2, 0.25) is 11.9 Å². The van der Waals surface area contributed by atoms with E-state index in [1.165, 1.54) is 0 Å². The summed E-state index contributed by atoms with van der Waals surface area (Å²) in [6.07, 6.45) is 1.31. The molecular formula is C18H18BrN3O. The number of para-hydroxylation sites is 2. The van der Waals surface area contributed by atoms with Gasteiger partial charge in [0.1, 0.15) is 0 Å². The number of nitrogens with zero attached hydrogens (tertiary/aromatic N) is 2. The highest BCUT2D eigenvalue weighted by Gasteiger charge is 2.13. The van der Waals surface area contributed by atoms with Gasteiger partial charge in [0.25, 0.3) is 0 Å². The van der Waals surface area contributed by atoms with Crippen molar-refractivity contribution in [2.45, 2.75) is 26.3 Å². The Morgan fingerprint density at radius 1 is 1.22 bits per heavy atom. The van der Waals surface area contributed by atoms with Crippen LogP contribution in [-0.4, -0.2) is 15.5 Å². The van der Waals surface area contributed by atoms with Crippen molar-refractivity contribution in [1.82, 2.24) is 9.55 Å². The zero-order valence-corrected chi connectivity index (χ0v) is 14.5. The summed E-state index contributed by atoms with van der Waals surface area (Å²) in [6.45, 7) is 2.94. The molecule has 0 radical (unpaired) electrons. The van der Waals surface area contributed by atoms with Crippen LogP contribution in [0.4, 0.5) is 5.95 Å². The maximum Gasteiger partial charge on any atom is 0.231 e. The Hall–Kier alpha value is -2.14. The number of aromatic nitrogens is 2. The van der Waals surface area contributed by atoms with Gasteiger partial charge in [-0.1, -0.05) is 47.1 Å². The zero-order chi connectivity index (χ0) is 16.2. The van der Waals surface area contributed by atoms with Crippen molar-refractivity contribution in [1.29, 1.82) is 0 Å². The van der Waals surface area contributed by atoms with Crippen LogP contribution in [0.2, 0.25) is 0 Å². The van der Waals surface area contributed by atoms with Crippen LogP contribution in [0.15, 0.2) is 53.0 Å². The summed E-state index contributed by atoms with van der Waals surface area (Å²) in [5.74, 6) is 0.559. The second kappa shape index (κ2) is 6.96. The minimum absolute atomic E-state index is 0.0595. The topological polar surface area (TPSA) is 46.9 Å². The first-order valence-electron chi connectivity index (χ1n) is 7.67. The normalized spacial score (nSPS) is 10.9. The fourth-order valence-electron chi connectivity index (χ4n) is 2.62. The Morgan fingerprint density at radius 3 is 2.83 bits per heavy atom. The monoisotopic (exact) mass is 371 g/mol. The molecule has 4 nitrogen and oxygen atoms in total. The summed E-state index contributed by atoms with van der Waals surface area (Å²) in [5, 5.41) is 2.95. The molecule has 2 aromatic carbocycles. The van der Waals surface area contributed by atoms with Gasteiger partial charge < -0.3 is 4.57 Å². The quantitative estimate of drug-likeness (QED) is 0.722. The standard InChI is InChI=1S/C18H18BrN3O/c1-2-10-22-16-9-4-3-8-15(16)20-18(22)21-17(23)12-13-6-5-7-14(19)11-13/h3-9,11H,2,10,12H2,1H3,(H,20,21,23). The molecule has 0 atom stereocenters. The molecule has 0 saturated heterocycles. The van der Waals surface area contributed by atoms with Gasteiger partial charge in [0.15, 0.2) is 0 Å². The van der Waals surface area contributed by atoms with Crippen LogP contribution >= 0.6 is 15.9 Å². The lowest BCUT2D eigenvalue weighted by molar-refractivity contribution is -0.115. The number of aryl methyl sites for hydroxylation is 1. The van der Waals surface area contributed by atoms with Gasteiger partial charge in [0.05, 0.1) is 17.5 Å². The van der Waals surface area contributed by atoms with Crippen LogP contribution < -0.4 is 5.32 Å². The highest BCUT2D eigenvalue weighted by Crippen LogP contribution is 2.20. The van der Waals surface area contributed by atoms with E-state index in [9.17, 15) is 4.79 Å². The van der Waals surface area contributed by atoms with Crippen LogP contribution in [-0.2, 0) is 17.8 Å². The van der Waals surface area contributed by atoms with Crippen LogP contribution in [0, 0.1) is 0 Å². The predicted octanol–water partition coefficient (Wildman–Crippen LogP) is 4.39. The highest BCUT2D eigenvalue weighted by atomic mass is 79.9. The molecule has 0 spiro atoms. The number of anilines is 1. The molecule has 3 aromatic rings. The van der Waals surface area contributed by atoms with E-state index in [0.717, 1.165) is 34.0 Å². The summed E-state index contributed by atoms with van der Waals surface area (Å²) in [5.41, 5.74) is 2.92. The van der Waals surface area contributed by atoms with E-state index >= 15 is 0 Å². The summed E-state index contributed by atoms with van der Waals surface area (Å²) >= 11 is 3.43. The van der Waals surface area contributed by atoms with Gasteiger partial charge in [0, 0.05) is 11.0 Å². The van der Waals surface area contributed by atoms with Crippen molar-refractivity contribution >= 4 is 38.8 Å². The number of rotatable bonds is 5. The predicted molar refractivity (Wildman–Crippen MR) is 96.5 cm³/mol. The second-order valence-corrected chi connectivity index (χ2v) is 6.35. The molecule has 1 N–H and O–H groups in total. The smallest absolute Gasteiger partial charge is 0.231 e. The molecule has 1 aromatic heterocycles. The first-order chi connectivity index (χ1) is 11.2. The fourth-order valence-corrected chi connectivity index (χ4v) is 3.07. The number of hydrogen-bond donors (Lipinski definition) is 1. The van der Waals surface area contributed by atoms with Gasteiger partial charge in [-0.05, 0) is 36.2 Å². The van der Waals surface area contributed by atoms with E-state index in [1.54, 1.807) is 0 Å².